The molecule has 0 saturated carbocycles. The van der Waals surface area contributed by atoms with Gasteiger partial charge in [0, 0.05) is 18.2 Å². The third kappa shape index (κ3) is 8.42. The number of amides is 2. The molecule has 2 atom stereocenters. The van der Waals surface area contributed by atoms with Gasteiger partial charge in [0.15, 0.2) is 16.9 Å². The zero-order valence-corrected chi connectivity index (χ0v) is 34.5. The number of esters is 1. The Morgan fingerprint density at radius 2 is 1.36 bits per heavy atom. The second-order valence-electron chi connectivity index (χ2n) is 14.0. The molecule has 61 heavy (non-hydrogen) atoms. The molecule has 3 heterocycles. The largest absolute Gasteiger partial charge is 0.448 e. The first-order valence-electron chi connectivity index (χ1n) is 19.4. The summed E-state index contributed by atoms with van der Waals surface area (Å²) in [7, 11) is 1.51. The minimum Gasteiger partial charge on any atom is -0.448 e. The number of nitrogens with zero attached hydrogens (tertiary/aromatic N) is 3. The van der Waals surface area contributed by atoms with Gasteiger partial charge in [-0.25, -0.2) is 14.2 Å². The highest BCUT2D eigenvalue weighted by atomic mass is 32.2. The normalized spacial score (nSPS) is 16.4. The summed E-state index contributed by atoms with van der Waals surface area (Å²) < 4.78 is 25.1. The molecule has 8 rings (SSSR count). The van der Waals surface area contributed by atoms with Crippen LogP contribution in [-0.4, -0.2) is 71.1 Å². The van der Waals surface area contributed by atoms with E-state index in [1.807, 2.05) is 152 Å². The van der Waals surface area contributed by atoms with Gasteiger partial charge in [-0.3, -0.25) is 14.5 Å². The molecule has 2 N–H and O–H groups in total. The fraction of sp³-hybridized carbons (Fsp3) is 0.170. The molecule has 2 amide bonds. The van der Waals surface area contributed by atoms with Gasteiger partial charge in [0.05, 0.1) is 6.61 Å². The Morgan fingerprint density at radius 1 is 0.836 bits per heavy atom. The molecule has 2 aliphatic rings. The van der Waals surface area contributed by atoms with Gasteiger partial charge in [-0.1, -0.05) is 157 Å². The molecular weight excluding hydrogens is 814 g/mol. The Kier molecular flexibility index (Phi) is 12.6. The number of thiazole rings is 1. The summed E-state index contributed by atoms with van der Waals surface area (Å²) in [5.74, 6) is -1.72. The van der Waals surface area contributed by atoms with Gasteiger partial charge in [-0.15, -0.1) is 23.1 Å². The molecule has 308 valence electrons. The van der Waals surface area contributed by atoms with Crippen LogP contribution in [0.2, 0.25) is 0 Å². The minimum atomic E-state index is -1.30. The summed E-state index contributed by atoms with van der Waals surface area (Å²) >= 11 is 2.59. The second-order valence-corrected chi connectivity index (χ2v) is 16.0. The van der Waals surface area contributed by atoms with Crippen LogP contribution in [0, 0.1) is 0 Å². The van der Waals surface area contributed by atoms with Crippen LogP contribution in [-0.2, 0) is 34.2 Å². The van der Waals surface area contributed by atoms with Gasteiger partial charge in [0.25, 0.3) is 18.7 Å². The Morgan fingerprint density at radius 3 is 1.87 bits per heavy atom. The van der Waals surface area contributed by atoms with Crippen molar-refractivity contribution < 1.29 is 33.1 Å². The van der Waals surface area contributed by atoms with Crippen molar-refractivity contribution in [2.45, 2.75) is 23.1 Å². The number of rotatable bonds is 16. The van der Waals surface area contributed by atoms with E-state index in [0.717, 1.165) is 27.8 Å². The number of methoxy groups -OCH3 is 1. The molecule has 1 saturated heterocycles. The van der Waals surface area contributed by atoms with Gasteiger partial charge >= 0.3 is 5.97 Å². The number of carbonyl (C=O) groups is 3. The van der Waals surface area contributed by atoms with Crippen molar-refractivity contribution in [3.05, 3.63) is 202 Å². The highest BCUT2D eigenvalue weighted by molar-refractivity contribution is 8.00. The molecule has 1 fully saturated rings. The third-order valence-corrected chi connectivity index (χ3v) is 12.5. The zero-order chi connectivity index (χ0) is 42.2. The van der Waals surface area contributed by atoms with E-state index < -0.39 is 47.7 Å². The van der Waals surface area contributed by atoms with E-state index in [1.165, 1.54) is 35.1 Å². The molecule has 0 aliphatic carbocycles. The number of carbonyl (C=O) groups excluding carboxylic acids is 3. The maximum Gasteiger partial charge on any atom is 0.356 e. The lowest BCUT2D eigenvalue weighted by Crippen LogP contribution is -2.71. The molecule has 0 radical (unpaired) electrons. The molecule has 5 aromatic carbocycles. The molecule has 0 bridgehead atoms. The molecule has 1 aromatic heterocycles. The predicted octanol–water partition coefficient (Wildman–Crippen LogP) is 7.83. The van der Waals surface area contributed by atoms with Crippen LogP contribution in [0.3, 0.4) is 0 Å². The van der Waals surface area contributed by atoms with Crippen molar-refractivity contribution in [1.82, 2.24) is 15.2 Å². The number of fused-ring (bicyclic) bond motifs is 1. The topological polar surface area (TPSA) is 131 Å². The van der Waals surface area contributed by atoms with Crippen LogP contribution in [0.15, 0.2) is 173 Å². The SMILES string of the molecule is COCC1=C(C(=O)OC(c2ccccc2)c2ccccc2)N2C(=O)[C@@H](NC(=O)/C(=N\OCF)c3csc(NC(c4ccccc4)(c4ccccc4)c4ccccc4)n3)[C@H]2SC1. The maximum absolute atomic E-state index is 14.2. The third-order valence-electron chi connectivity index (χ3n) is 10.4. The molecule has 2 aliphatic heterocycles. The van der Waals surface area contributed by atoms with Crippen molar-refractivity contribution >= 4 is 51.7 Å². The molecule has 0 spiro atoms. The van der Waals surface area contributed by atoms with E-state index in [2.05, 4.69) is 15.8 Å². The number of alkyl halides is 1. The fourth-order valence-electron chi connectivity index (χ4n) is 7.59. The van der Waals surface area contributed by atoms with Crippen LogP contribution in [0.4, 0.5) is 9.52 Å². The Balaban J connectivity index is 1.05. The summed E-state index contributed by atoms with van der Waals surface area (Å²) in [5.41, 5.74) is 3.83. The summed E-state index contributed by atoms with van der Waals surface area (Å²) in [6.45, 7) is -1.21. The zero-order valence-electron chi connectivity index (χ0n) is 32.9. The number of thioether (sulfide) groups is 1. The number of anilines is 1. The molecule has 11 nitrogen and oxygen atoms in total. The molecule has 14 heteroatoms. The Labute approximate surface area is 360 Å². The number of hydrogen-bond donors (Lipinski definition) is 2. The number of halogens is 1. The second kappa shape index (κ2) is 18.8. The lowest BCUT2D eigenvalue weighted by atomic mass is 9.77. The number of benzene rings is 5. The number of oxime groups is 1. The summed E-state index contributed by atoms with van der Waals surface area (Å²) in [6, 6.07) is 47.4. The summed E-state index contributed by atoms with van der Waals surface area (Å²) in [5, 5.41) is 11.6. The van der Waals surface area contributed by atoms with Gasteiger partial charge in [0.2, 0.25) is 0 Å². The van der Waals surface area contributed by atoms with Gasteiger partial charge in [-0.05, 0) is 33.4 Å². The summed E-state index contributed by atoms with van der Waals surface area (Å²) in [4.78, 5) is 53.2. The lowest BCUT2D eigenvalue weighted by Gasteiger charge is -2.49. The van der Waals surface area contributed by atoms with Crippen LogP contribution in [0.5, 0.6) is 0 Å². The number of ether oxygens (including phenoxy) is 2. The average Bonchev–Trinajstić information content (AvgIpc) is 3.78. The first-order chi connectivity index (χ1) is 29.9. The number of nitrogens with one attached hydrogen (secondary N) is 2. The monoisotopic (exact) mass is 853 g/mol. The minimum absolute atomic E-state index is 0.0709. The highest BCUT2D eigenvalue weighted by Crippen LogP contribution is 2.43. The number of aromatic nitrogens is 1. The number of hydrogen-bond acceptors (Lipinski definition) is 11. The van der Waals surface area contributed by atoms with Crippen LogP contribution < -0.4 is 10.6 Å². The average molecular weight is 854 g/mol. The first-order valence-corrected chi connectivity index (χ1v) is 21.3. The first kappa shape index (κ1) is 41.1. The fourth-order valence-corrected chi connectivity index (χ4v) is 9.67. The van der Waals surface area contributed by atoms with Crippen molar-refractivity contribution in [2.75, 3.05) is 31.6 Å². The molecule has 6 aromatic rings. The maximum atomic E-state index is 14.2. The highest BCUT2D eigenvalue weighted by Gasteiger charge is 2.55. The lowest BCUT2D eigenvalue weighted by molar-refractivity contribution is -0.154. The van der Waals surface area contributed by atoms with E-state index in [-0.39, 0.29) is 23.7 Å². The standard InChI is InChI=1S/C47H40FN5O6S2/c1-57-27-33-28-60-44-39(43(55)53(44)40(33)45(56)59-41(31-17-7-2-8-18-31)32-19-9-3-10-20-32)50-42(54)38(52-58-30-48)37-29-61-46(49-37)51-47(34-21-11-4-12-22-34,35-23-13-5-14-24-35)36-25-15-6-16-26-36/h2-26,29,39,41,44H,27-28,30H2,1H3,(H,49,51)(H,50,54)/b52-38-/t39-,44-/m1/s1. The van der Waals surface area contributed by atoms with Crippen LogP contribution in [0.25, 0.3) is 0 Å². The molecular formula is C47H40FN5O6S2. The van der Waals surface area contributed by atoms with E-state index in [0.29, 0.717) is 16.5 Å². The molecule has 0 unspecified atom stereocenters. The Bertz CT molecular complexity index is 2390. The smallest absolute Gasteiger partial charge is 0.356 e. The number of β-lactam (4-membered cyclic amide) rings is 1. The van der Waals surface area contributed by atoms with Crippen molar-refractivity contribution in [3.8, 4) is 0 Å². The van der Waals surface area contributed by atoms with Gasteiger partial charge in [0.1, 0.15) is 28.3 Å². The van der Waals surface area contributed by atoms with Crippen molar-refractivity contribution in [2.24, 2.45) is 5.16 Å². The van der Waals surface area contributed by atoms with E-state index in [1.54, 1.807) is 5.38 Å². The van der Waals surface area contributed by atoms with Crippen molar-refractivity contribution in [1.29, 1.82) is 0 Å². The van der Waals surface area contributed by atoms with E-state index >= 15 is 0 Å². The Hall–Kier alpha value is -6.61. The van der Waals surface area contributed by atoms with Crippen molar-refractivity contribution in [3.63, 3.8) is 0 Å². The van der Waals surface area contributed by atoms with E-state index in [4.69, 9.17) is 19.3 Å². The van der Waals surface area contributed by atoms with Crippen LogP contribution in [0.1, 0.15) is 39.6 Å². The quantitative estimate of drug-likeness (QED) is 0.0329. The van der Waals surface area contributed by atoms with E-state index in [9.17, 15) is 18.8 Å². The summed E-state index contributed by atoms with van der Waals surface area (Å²) in [6.07, 6.45) is -0.754. The van der Waals surface area contributed by atoms with Gasteiger partial charge in [-0.2, -0.15) is 0 Å². The predicted molar refractivity (Wildman–Crippen MR) is 233 cm³/mol. The van der Waals surface area contributed by atoms with Gasteiger partial charge < -0.3 is 24.9 Å². The van der Waals surface area contributed by atoms with Crippen LogP contribution >= 0.6 is 23.1 Å².